The predicted octanol–water partition coefficient (Wildman–Crippen LogP) is 3.53. The van der Waals surface area contributed by atoms with Crippen molar-refractivity contribution in [2.24, 2.45) is 0 Å². The van der Waals surface area contributed by atoms with E-state index in [9.17, 15) is 18.0 Å². The van der Waals surface area contributed by atoms with Crippen LogP contribution in [0, 0.1) is 6.92 Å². The van der Waals surface area contributed by atoms with E-state index in [0.717, 1.165) is 0 Å². The standard InChI is InChI=1S/C22H20ClN3O5S/c1-14-10-11-16(22(28)25-24-21(27)15-6-5-7-17(23)12-15)13-20(14)32(29,30)26-18-8-3-4-9-19(18)31-2/h3-13,26H,1-2H3,(H,24,27)(H,25,28). The van der Waals surface area contributed by atoms with E-state index in [1.54, 1.807) is 43.3 Å². The fourth-order valence-electron chi connectivity index (χ4n) is 2.85. The third kappa shape index (κ3) is 5.37. The number of carbonyl (C=O) groups excluding carboxylic acids is 2. The molecule has 0 aliphatic rings. The number of anilines is 1. The molecule has 0 bridgehead atoms. The van der Waals surface area contributed by atoms with Gasteiger partial charge in [-0.1, -0.05) is 35.9 Å². The lowest BCUT2D eigenvalue weighted by atomic mass is 10.1. The lowest BCUT2D eigenvalue weighted by Gasteiger charge is -2.14. The molecule has 0 saturated heterocycles. The molecule has 0 fully saturated rings. The van der Waals surface area contributed by atoms with Crippen molar-refractivity contribution in [2.45, 2.75) is 11.8 Å². The molecule has 0 radical (unpaired) electrons. The topological polar surface area (TPSA) is 114 Å². The highest BCUT2D eigenvalue weighted by Gasteiger charge is 2.21. The lowest BCUT2D eigenvalue weighted by molar-refractivity contribution is 0.0846. The number of sulfonamides is 1. The number of methoxy groups -OCH3 is 1. The predicted molar refractivity (Wildman–Crippen MR) is 121 cm³/mol. The molecule has 3 N–H and O–H groups in total. The van der Waals surface area contributed by atoms with Crippen LogP contribution in [0.3, 0.4) is 0 Å². The van der Waals surface area contributed by atoms with Gasteiger partial charge in [0.25, 0.3) is 21.8 Å². The van der Waals surface area contributed by atoms with Crippen LogP contribution in [-0.2, 0) is 10.0 Å². The number of amides is 2. The largest absolute Gasteiger partial charge is 0.495 e. The fraction of sp³-hybridized carbons (Fsp3) is 0.0909. The summed E-state index contributed by atoms with van der Waals surface area (Å²) in [6.45, 7) is 1.61. The molecule has 166 valence electrons. The van der Waals surface area contributed by atoms with E-state index in [1.807, 2.05) is 0 Å². The van der Waals surface area contributed by atoms with Crippen molar-refractivity contribution < 1.29 is 22.7 Å². The van der Waals surface area contributed by atoms with Crippen LogP contribution in [0.5, 0.6) is 5.75 Å². The molecule has 0 aliphatic heterocycles. The van der Waals surface area contributed by atoms with E-state index in [1.165, 1.54) is 37.4 Å². The van der Waals surface area contributed by atoms with Gasteiger partial charge in [0.15, 0.2) is 0 Å². The Kier molecular flexibility index (Phi) is 7.01. The van der Waals surface area contributed by atoms with Crippen LogP contribution < -0.4 is 20.3 Å². The van der Waals surface area contributed by atoms with Gasteiger partial charge in [-0.05, 0) is 55.0 Å². The third-order valence-corrected chi connectivity index (χ3v) is 6.21. The third-order valence-electron chi connectivity index (χ3n) is 4.47. The molecule has 8 nitrogen and oxygen atoms in total. The first kappa shape index (κ1) is 23.1. The molecule has 0 atom stereocenters. The van der Waals surface area contributed by atoms with Gasteiger partial charge in [-0.15, -0.1) is 0 Å². The smallest absolute Gasteiger partial charge is 0.269 e. The number of aryl methyl sites for hydroxylation is 1. The molecule has 0 saturated carbocycles. The Morgan fingerprint density at radius 2 is 1.53 bits per heavy atom. The minimum absolute atomic E-state index is 0.0439. The first-order chi connectivity index (χ1) is 15.2. The van der Waals surface area contributed by atoms with Crippen LogP contribution in [0.4, 0.5) is 5.69 Å². The van der Waals surface area contributed by atoms with Crippen LogP contribution in [0.1, 0.15) is 26.3 Å². The molecule has 3 aromatic carbocycles. The highest BCUT2D eigenvalue weighted by molar-refractivity contribution is 7.92. The van der Waals surface area contributed by atoms with Crippen LogP contribution in [-0.4, -0.2) is 27.3 Å². The van der Waals surface area contributed by atoms with Crippen LogP contribution >= 0.6 is 11.6 Å². The number of ether oxygens (including phenoxy) is 1. The van der Waals surface area contributed by atoms with Gasteiger partial charge < -0.3 is 4.74 Å². The Labute approximate surface area is 190 Å². The van der Waals surface area contributed by atoms with Gasteiger partial charge in [-0.25, -0.2) is 8.42 Å². The van der Waals surface area contributed by atoms with Crippen molar-refractivity contribution in [1.82, 2.24) is 10.9 Å². The summed E-state index contributed by atoms with van der Waals surface area (Å²) in [7, 11) is -2.59. The minimum atomic E-state index is -4.02. The number of rotatable bonds is 6. The number of benzene rings is 3. The Morgan fingerprint density at radius 1 is 0.875 bits per heavy atom. The second-order valence-corrected chi connectivity index (χ2v) is 8.79. The van der Waals surface area contributed by atoms with Crippen LogP contribution in [0.2, 0.25) is 5.02 Å². The average Bonchev–Trinajstić information content (AvgIpc) is 2.77. The minimum Gasteiger partial charge on any atom is -0.495 e. The summed E-state index contributed by atoms with van der Waals surface area (Å²) >= 11 is 5.86. The summed E-state index contributed by atoms with van der Waals surface area (Å²) in [5, 5.41) is 0.375. The summed E-state index contributed by atoms with van der Waals surface area (Å²) in [6.07, 6.45) is 0. The first-order valence-corrected chi connectivity index (χ1v) is 11.2. The maximum atomic E-state index is 13.0. The second kappa shape index (κ2) is 9.71. The summed E-state index contributed by atoms with van der Waals surface area (Å²) in [4.78, 5) is 24.6. The van der Waals surface area contributed by atoms with Crippen LogP contribution in [0.25, 0.3) is 0 Å². The van der Waals surface area contributed by atoms with E-state index in [2.05, 4.69) is 15.6 Å². The molecule has 32 heavy (non-hydrogen) atoms. The lowest BCUT2D eigenvalue weighted by Crippen LogP contribution is -2.41. The van der Waals surface area contributed by atoms with Gasteiger partial charge in [0, 0.05) is 16.1 Å². The van der Waals surface area contributed by atoms with E-state index < -0.39 is 21.8 Å². The molecule has 0 aromatic heterocycles. The average molecular weight is 474 g/mol. The summed E-state index contributed by atoms with van der Waals surface area (Å²) in [5.41, 5.74) is 5.54. The number of hydrazine groups is 1. The van der Waals surface area contributed by atoms with Crippen molar-refractivity contribution in [2.75, 3.05) is 11.8 Å². The quantitative estimate of drug-likeness (QED) is 0.474. The molecule has 0 unspecified atom stereocenters. The molecule has 3 aromatic rings. The normalized spacial score (nSPS) is 10.8. The van der Waals surface area contributed by atoms with Crippen molar-refractivity contribution in [3.05, 3.63) is 88.4 Å². The summed E-state index contributed by atoms with van der Waals surface area (Å²) in [5.74, 6) is -0.904. The number of para-hydroxylation sites is 2. The van der Waals surface area contributed by atoms with Gasteiger partial charge in [-0.2, -0.15) is 0 Å². The SMILES string of the molecule is COc1ccccc1NS(=O)(=O)c1cc(C(=O)NNC(=O)c2cccc(Cl)c2)ccc1C. The molecule has 2 amide bonds. The molecule has 3 rings (SSSR count). The molecule has 0 spiro atoms. The van der Waals surface area contributed by atoms with Gasteiger partial charge >= 0.3 is 0 Å². The summed E-state index contributed by atoms with van der Waals surface area (Å²) < 4.78 is 33.6. The molecule has 0 heterocycles. The zero-order chi connectivity index (χ0) is 23.3. The molecular weight excluding hydrogens is 454 g/mol. The number of nitrogens with one attached hydrogen (secondary N) is 3. The first-order valence-electron chi connectivity index (χ1n) is 9.34. The zero-order valence-electron chi connectivity index (χ0n) is 17.2. The fourth-order valence-corrected chi connectivity index (χ4v) is 4.38. The maximum absolute atomic E-state index is 13.0. The van der Waals surface area contributed by atoms with Gasteiger partial charge in [-0.3, -0.25) is 25.2 Å². The summed E-state index contributed by atoms with van der Waals surface area (Å²) in [6, 6.07) is 17.0. The van der Waals surface area contributed by atoms with Crippen molar-refractivity contribution >= 4 is 39.1 Å². The number of halogens is 1. The van der Waals surface area contributed by atoms with Gasteiger partial charge in [0.05, 0.1) is 17.7 Å². The van der Waals surface area contributed by atoms with Crippen molar-refractivity contribution in [1.29, 1.82) is 0 Å². The van der Waals surface area contributed by atoms with E-state index in [-0.39, 0.29) is 21.7 Å². The van der Waals surface area contributed by atoms with Crippen molar-refractivity contribution in [3.63, 3.8) is 0 Å². The van der Waals surface area contributed by atoms with E-state index in [4.69, 9.17) is 16.3 Å². The Bertz CT molecular complexity index is 1280. The number of carbonyl (C=O) groups is 2. The number of hydrogen-bond donors (Lipinski definition) is 3. The molecule has 10 heteroatoms. The molecule has 0 aliphatic carbocycles. The molecular formula is C22H20ClN3O5S. The second-order valence-electron chi connectivity index (χ2n) is 6.70. The maximum Gasteiger partial charge on any atom is 0.269 e. The Morgan fingerprint density at radius 3 is 2.19 bits per heavy atom. The van der Waals surface area contributed by atoms with E-state index >= 15 is 0 Å². The van der Waals surface area contributed by atoms with E-state index in [0.29, 0.717) is 16.3 Å². The highest BCUT2D eigenvalue weighted by Crippen LogP contribution is 2.27. The van der Waals surface area contributed by atoms with Gasteiger partial charge in [0.1, 0.15) is 5.75 Å². The Balaban J connectivity index is 1.78. The monoisotopic (exact) mass is 473 g/mol. The van der Waals surface area contributed by atoms with Gasteiger partial charge in [0.2, 0.25) is 0 Å². The number of hydrogen-bond acceptors (Lipinski definition) is 5. The van der Waals surface area contributed by atoms with Crippen molar-refractivity contribution in [3.8, 4) is 5.75 Å². The Hall–Kier alpha value is -3.56. The zero-order valence-corrected chi connectivity index (χ0v) is 18.8. The van der Waals surface area contributed by atoms with Crippen LogP contribution in [0.15, 0.2) is 71.6 Å². The highest BCUT2D eigenvalue weighted by atomic mass is 35.5.